The Hall–Kier alpha value is -1.96. The van der Waals surface area contributed by atoms with E-state index >= 15 is 0 Å². The molecule has 0 amide bonds. The summed E-state index contributed by atoms with van der Waals surface area (Å²) < 4.78 is 5.86. The summed E-state index contributed by atoms with van der Waals surface area (Å²) in [5.41, 5.74) is 2.27. The van der Waals surface area contributed by atoms with Crippen LogP contribution in [0.25, 0.3) is 21.8 Å². The molecule has 1 aromatic heterocycles. The minimum absolute atomic E-state index is 0.783. The van der Waals surface area contributed by atoms with Crippen LogP contribution < -0.4 is 4.74 Å². The van der Waals surface area contributed by atoms with Crippen molar-refractivity contribution in [3.63, 3.8) is 0 Å². The molecule has 18 heavy (non-hydrogen) atoms. The van der Waals surface area contributed by atoms with Crippen LogP contribution >= 0.6 is 0 Å². The molecule has 0 aliphatic heterocycles. The largest absolute Gasteiger partial charge is 0.491 e. The van der Waals surface area contributed by atoms with E-state index in [1.807, 2.05) is 6.07 Å². The van der Waals surface area contributed by atoms with E-state index in [-0.39, 0.29) is 0 Å². The zero-order valence-corrected chi connectivity index (χ0v) is 10.6. The highest BCUT2D eigenvalue weighted by Crippen LogP contribution is 2.31. The van der Waals surface area contributed by atoms with E-state index < -0.39 is 0 Å². The summed E-state index contributed by atoms with van der Waals surface area (Å²) in [5.74, 6) is 0.956. The van der Waals surface area contributed by atoms with Crippen LogP contribution in [0.3, 0.4) is 0 Å². The predicted molar refractivity (Wildman–Crippen MR) is 76.2 cm³/mol. The van der Waals surface area contributed by atoms with Crippen molar-refractivity contribution in [2.45, 2.75) is 19.8 Å². The molecule has 3 aromatic rings. The van der Waals surface area contributed by atoms with Gasteiger partial charge in [-0.3, -0.25) is 0 Å². The predicted octanol–water partition coefficient (Wildman–Crippen LogP) is 4.50. The first-order chi connectivity index (χ1) is 8.90. The zero-order chi connectivity index (χ0) is 12.4. The first-order valence-electron chi connectivity index (χ1n) is 6.52. The second-order valence-electron chi connectivity index (χ2n) is 4.55. The molecule has 3 rings (SSSR count). The normalized spacial score (nSPS) is 11.2. The van der Waals surface area contributed by atoms with Gasteiger partial charge in [0, 0.05) is 16.3 Å². The molecule has 2 aromatic carbocycles. The topological polar surface area (TPSA) is 25.0 Å². The van der Waals surface area contributed by atoms with Gasteiger partial charge in [0.15, 0.2) is 0 Å². The maximum atomic E-state index is 5.86. The third-order valence-electron chi connectivity index (χ3n) is 3.26. The van der Waals surface area contributed by atoms with Gasteiger partial charge in [0.2, 0.25) is 0 Å². The molecule has 0 bridgehead atoms. The van der Waals surface area contributed by atoms with Crippen LogP contribution in [0.4, 0.5) is 0 Å². The van der Waals surface area contributed by atoms with Gasteiger partial charge in [0.25, 0.3) is 0 Å². The third kappa shape index (κ3) is 1.84. The van der Waals surface area contributed by atoms with Crippen LogP contribution in [-0.2, 0) is 0 Å². The maximum Gasteiger partial charge on any atom is 0.143 e. The van der Waals surface area contributed by atoms with E-state index in [1.165, 1.54) is 16.3 Å². The van der Waals surface area contributed by atoms with Gasteiger partial charge in [-0.15, -0.1) is 0 Å². The average molecular weight is 239 g/mol. The molecule has 0 aliphatic rings. The number of hydrogen-bond donors (Lipinski definition) is 1. The van der Waals surface area contributed by atoms with Crippen molar-refractivity contribution in [2.24, 2.45) is 0 Å². The van der Waals surface area contributed by atoms with Crippen molar-refractivity contribution in [2.75, 3.05) is 6.61 Å². The number of nitrogens with one attached hydrogen (secondary N) is 1. The smallest absolute Gasteiger partial charge is 0.143 e. The van der Waals surface area contributed by atoms with Gasteiger partial charge in [-0.1, -0.05) is 43.7 Å². The molecule has 0 saturated carbocycles. The molecule has 92 valence electrons. The fourth-order valence-corrected chi connectivity index (χ4v) is 2.29. The van der Waals surface area contributed by atoms with Gasteiger partial charge in [0.1, 0.15) is 5.75 Å². The van der Waals surface area contributed by atoms with Gasteiger partial charge in [-0.05, 0) is 18.6 Å². The highest BCUT2D eigenvalue weighted by atomic mass is 16.5. The monoisotopic (exact) mass is 239 g/mol. The highest BCUT2D eigenvalue weighted by Gasteiger charge is 2.07. The average Bonchev–Trinajstić information content (AvgIpc) is 2.79. The Balaban J connectivity index is 2.09. The van der Waals surface area contributed by atoms with Crippen molar-refractivity contribution in [1.82, 2.24) is 4.98 Å². The summed E-state index contributed by atoms with van der Waals surface area (Å²) >= 11 is 0. The number of hydrogen-bond acceptors (Lipinski definition) is 1. The molecule has 0 atom stereocenters. The second-order valence-corrected chi connectivity index (χ2v) is 4.55. The Morgan fingerprint density at radius 2 is 1.83 bits per heavy atom. The van der Waals surface area contributed by atoms with Crippen LogP contribution in [0.15, 0.2) is 42.5 Å². The zero-order valence-electron chi connectivity index (χ0n) is 10.6. The lowest BCUT2D eigenvalue weighted by Gasteiger charge is -2.06. The summed E-state index contributed by atoms with van der Waals surface area (Å²) in [5, 5.41) is 2.49. The van der Waals surface area contributed by atoms with Crippen molar-refractivity contribution in [3.8, 4) is 5.75 Å². The molecule has 0 aliphatic carbocycles. The highest BCUT2D eigenvalue weighted by molar-refractivity contribution is 6.09. The third-order valence-corrected chi connectivity index (χ3v) is 3.26. The lowest BCUT2D eigenvalue weighted by atomic mass is 10.1. The molecule has 0 fully saturated rings. The summed E-state index contributed by atoms with van der Waals surface area (Å²) in [6, 6.07) is 14.6. The number of para-hydroxylation sites is 2. The number of aromatic amines is 1. The quantitative estimate of drug-likeness (QED) is 0.666. The van der Waals surface area contributed by atoms with Crippen molar-refractivity contribution in [1.29, 1.82) is 0 Å². The van der Waals surface area contributed by atoms with E-state index in [0.29, 0.717) is 0 Å². The Bertz CT molecular complexity index is 669. The molecule has 1 heterocycles. The molecule has 0 radical (unpaired) electrons. The number of rotatable bonds is 4. The molecule has 0 spiro atoms. The van der Waals surface area contributed by atoms with Gasteiger partial charge < -0.3 is 9.72 Å². The summed E-state index contributed by atoms with van der Waals surface area (Å²) in [4.78, 5) is 3.45. The number of aromatic nitrogens is 1. The molecular formula is C16H17NO. The Morgan fingerprint density at radius 1 is 1.00 bits per heavy atom. The number of ether oxygens (including phenoxy) is 1. The molecule has 2 nitrogen and oxygen atoms in total. The van der Waals surface area contributed by atoms with Gasteiger partial charge in [-0.25, -0.2) is 0 Å². The molecule has 0 unspecified atom stereocenters. The Morgan fingerprint density at radius 3 is 2.72 bits per heavy atom. The fourth-order valence-electron chi connectivity index (χ4n) is 2.29. The van der Waals surface area contributed by atoms with Gasteiger partial charge in [0.05, 0.1) is 12.1 Å². The lowest BCUT2D eigenvalue weighted by molar-refractivity contribution is 0.312. The summed E-state index contributed by atoms with van der Waals surface area (Å²) in [6.07, 6.45) is 2.25. The lowest BCUT2D eigenvalue weighted by Crippen LogP contribution is -1.96. The fraction of sp³-hybridized carbons (Fsp3) is 0.250. The minimum Gasteiger partial charge on any atom is -0.491 e. The minimum atomic E-state index is 0.783. The standard InChI is InChI=1S/C16H17NO/c1-2-3-11-18-15-10-6-8-13-12-7-4-5-9-14(12)17-16(13)15/h4-10,17H,2-3,11H2,1H3. The maximum absolute atomic E-state index is 5.86. The van der Waals surface area contributed by atoms with Crippen LogP contribution in [-0.4, -0.2) is 11.6 Å². The van der Waals surface area contributed by atoms with Crippen LogP contribution in [0, 0.1) is 0 Å². The number of unbranched alkanes of at least 4 members (excludes halogenated alkanes) is 1. The first kappa shape index (κ1) is 11.1. The summed E-state index contributed by atoms with van der Waals surface area (Å²) in [7, 11) is 0. The second kappa shape index (κ2) is 4.73. The molecule has 0 saturated heterocycles. The van der Waals surface area contributed by atoms with Crippen molar-refractivity contribution in [3.05, 3.63) is 42.5 Å². The van der Waals surface area contributed by atoms with E-state index in [2.05, 4.69) is 48.3 Å². The Kier molecular flexibility index (Phi) is 2.93. The van der Waals surface area contributed by atoms with Crippen LogP contribution in [0.2, 0.25) is 0 Å². The first-order valence-corrected chi connectivity index (χ1v) is 6.52. The van der Waals surface area contributed by atoms with Gasteiger partial charge in [-0.2, -0.15) is 0 Å². The number of benzene rings is 2. The van der Waals surface area contributed by atoms with E-state index in [4.69, 9.17) is 4.74 Å². The molecular weight excluding hydrogens is 222 g/mol. The van der Waals surface area contributed by atoms with E-state index in [1.54, 1.807) is 0 Å². The number of H-pyrrole nitrogens is 1. The molecule has 2 heteroatoms. The SMILES string of the molecule is CCCCOc1cccc2c1[nH]c1ccccc12. The number of fused-ring (bicyclic) bond motifs is 3. The molecule has 1 N–H and O–H groups in total. The summed E-state index contributed by atoms with van der Waals surface area (Å²) in [6.45, 7) is 2.96. The van der Waals surface area contributed by atoms with E-state index in [9.17, 15) is 0 Å². The van der Waals surface area contributed by atoms with Crippen LogP contribution in [0.1, 0.15) is 19.8 Å². The van der Waals surface area contributed by atoms with Crippen LogP contribution in [0.5, 0.6) is 5.75 Å². The van der Waals surface area contributed by atoms with Crippen molar-refractivity contribution < 1.29 is 4.74 Å². The van der Waals surface area contributed by atoms with E-state index in [0.717, 1.165) is 30.7 Å². The van der Waals surface area contributed by atoms with Crippen molar-refractivity contribution >= 4 is 21.8 Å². The van der Waals surface area contributed by atoms with Gasteiger partial charge >= 0.3 is 0 Å². The Labute approximate surface area is 107 Å².